The number of aromatic nitrogens is 2. The number of carbonyl (C=O) groups is 1. The Morgan fingerprint density at radius 1 is 1.38 bits per heavy atom. The largest absolute Gasteiger partial charge is 0.463 e. The van der Waals surface area contributed by atoms with Gasteiger partial charge >= 0.3 is 5.97 Å². The molecular weight excluding hydrogens is 328 g/mol. The lowest BCUT2D eigenvalue weighted by atomic mass is 9.96. The zero-order valence-electron chi connectivity index (χ0n) is 13.3. The lowest BCUT2D eigenvalue weighted by Gasteiger charge is -2.26. The van der Waals surface area contributed by atoms with Gasteiger partial charge in [0.1, 0.15) is 6.04 Å². The van der Waals surface area contributed by atoms with Crippen LogP contribution in [0.2, 0.25) is 5.02 Å². The molecule has 2 heterocycles. The first-order chi connectivity index (χ1) is 11.6. The number of amidine groups is 1. The standard InChI is InChI=1S/C17H17ClN4O2/c1-3-24-17(23)13-10(2)21-16(15-19-8-9-20-15)22-14(13)11-6-4-5-7-12(11)18/h4-9,14H,3H2,1-2H3,(H,19,20)(H,21,22)/t14-/m1/s1. The number of hydrogen-bond donors (Lipinski definition) is 2. The van der Waals surface area contributed by atoms with E-state index in [0.717, 1.165) is 5.56 Å². The molecule has 0 radical (unpaired) electrons. The average molecular weight is 345 g/mol. The van der Waals surface area contributed by atoms with Crippen molar-refractivity contribution in [1.29, 1.82) is 0 Å². The van der Waals surface area contributed by atoms with E-state index >= 15 is 0 Å². The first kappa shape index (κ1) is 16.3. The Morgan fingerprint density at radius 2 is 2.17 bits per heavy atom. The molecule has 1 aliphatic heterocycles. The molecule has 0 unspecified atom stereocenters. The Bertz CT molecular complexity index is 812. The molecule has 0 aliphatic carbocycles. The second-order valence-electron chi connectivity index (χ2n) is 5.22. The van der Waals surface area contributed by atoms with Gasteiger partial charge in [-0.3, -0.25) is 4.99 Å². The molecule has 7 heteroatoms. The van der Waals surface area contributed by atoms with Crippen LogP contribution in [0.3, 0.4) is 0 Å². The van der Waals surface area contributed by atoms with Crippen molar-refractivity contribution >= 4 is 23.4 Å². The van der Waals surface area contributed by atoms with Crippen LogP contribution in [0.15, 0.2) is 52.9 Å². The third-order valence-corrected chi connectivity index (χ3v) is 4.00. The number of allylic oxidation sites excluding steroid dienone is 1. The lowest BCUT2D eigenvalue weighted by Crippen LogP contribution is -2.33. The van der Waals surface area contributed by atoms with Gasteiger partial charge in [0.2, 0.25) is 0 Å². The van der Waals surface area contributed by atoms with Gasteiger partial charge in [0.05, 0.1) is 12.2 Å². The molecule has 0 saturated carbocycles. The molecule has 24 heavy (non-hydrogen) atoms. The molecule has 0 bridgehead atoms. The van der Waals surface area contributed by atoms with Gasteiger partial charge in [-0.25, -0.2) is 9.78 Å². The van der Waals surface area contributed by atoms with Crippen molar-refractivity contribution in [2.75, 3.05) is 6.61 Å². The predicted molar refractivity (Wildman–Crippen MR) is 91.8 cm³/mol. The molecule has 2 aromatic rings. The summed E-state index contributed by atoms with van der Waals surface area (Å²) in [6.07, 6.45) is 3.36. The van der Waals surface area contributed by atoms with E-state index in [2.05, 4.69) is 20.3 Å². The van der Waals surface area contributed by atoms with E-state index in [-0.39, 0.29) is 0 Å². The van der Waals surface area contributed by atoms with Gasteiger partial charge in [0, 0.05) is 28.7 Å². The number of halogens is 1. The molecular formula is C17H17ClN4O2. The lowest BCUT2D eigenvalue weighted by molar-refractivity contribution is -0.138. The van der Waals surface area contributed by atoms with Crippen LogP contribution in [0, 0.1) is 0 Å². The zero-order valence-corrected chi connectivity index (χ0v) is 14.1. The summed E-state index contributed by atoms with van der Waals surface area (Å²) in [4.78, 5) is 24.3. The number of rotatable bonds is 4. The van der Waals surface area contributed by atoms with Crippen molar-refractivity contribution in [3.63, 3.8) is 0 Å². The van der Waals surface area contributed by atoms with Crippen LogP contribution < -0.4 is 5.32 Å². The number of nitrogens with zero attached hydrogens (tertiary/aromatic N) is 2. The third kappa shape index (κ3) is 3.05. The van der Waals surface area contributed by atoms with Crippen LogP contribution in [0.25, 0.3) is 0 Å². The maximum atomic E-state index is 12.4. The van der Waals surface area contributed by atoms with Crippen LogP contribution >= 0.6 is 11.6 Å². The van der Waals surface area contributed by atoms with Crippen LogP contribution in [-0.4, -0.2) is 28.4 Å². The SMILES string of the molecule is CCOC(=O)C1=C(C)NC(c2ncc[nH]2)=N[C@@H]1c1ccccc1Cl. The van der Waals surface area contributed by atoms with E-state index in [1.165, 1.54) is 0 Å². The fourth-order valence-electron chi connectivity index (χ4n) is 2.59. The summed E-state index contributed by atoms with van der Waals surface area (Å²) in [6.45, 7) is 3.87. The number of aliphatic imine (C=N–C) groups is 1. The van der Waals surface area contributed by atoms with Crippen LogP contribution in [0.1, 0.15) is 31.3 Å². The van der Waals surface area contributed by atoms with E-state index in [9.17, 15) is 4.79 Å². The molecule has 1 aliphatic rings. The summed E-state index contributed by atoms with van der Waals surface area (Å²) in [6, 6.07) is 6.78. The summed E-state index contributed by atoms with van der Waals surface area (Å²) in [7, 11) is 0. The number of H-pyrrole nitrogens is 1. The molecule has 1 aromatic heterocycles. The highest BCUT2D eigenvalue weighted by Crippen LogP contribution is 2.35. The summed E-state index contributed by atoms with van der Waals surface area (Å²) < 4.78 is 5.20. The van der Waals surface area contributed by atoms with Gasteiger partial charge < -0.3 is 15.0 Å². The second kappa shape index (κ2) is 6.88. The first-order valence-corrected chi connectivity index (χ1v) is 7.96. The number of ether oxygens (including phenoxy) is 1. The summed E-state index contributed by atoms with van der Waals surface area (Å²) in [5.41, 5.74) is 1.85. The average Bonchev–Trinajstić information content (AvgIpc) is 3.09. The number of benzene rings is 1. The van der Waals surface area contributed by atoms with Crippen molar-refractivity contribution in [3.8, 4) is 0 Å². The monoisotopic (exact) mass is 344 g/mol. The van der Waals surface area contributed by atoms with Crippen molar-refractivity contribution in [1.82, 2.24) is 15.3 Å². The zero-order chi connectivity index (χ0) is 17.1. The maximum Gasteiger partial charge on any atom is 0.338 e. The number of hydrogen-bond acceptors (Lipinski definition) is 5. The van der Waals surface area contributed by atoms with E-state index in [4.69, 9.17) is 16.3 Å². The maximum absolute atomic E-state index is 12.4. The van der Waals surface area contributed by atoms with Gasteiger partial charge in [-0.1, -0.05) is 29.8 Å². The Kier molecular flexibility index (Phi) is 4.66. The third-order valence-electron chi connectivity index (χ3n) is 3.66. The van der Waals surface area contributed by atoms with Crippen molar-refractivity contribution in [2.45, 2.75) is 19.9 Å². The number of nitrogens with one attached hydrogen (secondary N) is 2. The fourth-order valence-corrected chi connectivity index (χ4v) is 2.83. The number of imidazole rings is 1. The predicted octanol–water partition coefficient (Wildman–Crippen LogP) is 2.99. The number of carbonyl (C=O) groups excluding carboxylic acids is 1. The first-order valence-electron chi connectivity index (χ1n) is 7.58. The highest BCUT2D eigenvalue weighted by atomic mass is 35.5. The molecule has 1 aromatic carbocycles. The van der Waals surface area contributed by atoms with E-state index < -0.39 is 12.0 Å². The fraction of sp³-hybridized carbons (Fsp3) is 0.235. The second-order valence-corrected chi connectivity index (χ2v) is 5.63. The smallest absolute Gasteiger partial charge is 0.338 e. The Labute approximate surface area is 144 Å². The Hall–Kier alpha value is -2.60. The topological polar surface area (TPSA) is 79.4 Å². The highest BCUT2D eigenvalue weighted by Gasteiger charge is 2.32. The van der Waals surface area contributed by atoms with E-state index in [1.807, 2.05) is 25.1 Å². The minimum Gasteiger partial charge on any atom is -0.463 e. The molecule has 0 spiro atoms. The molecule has 0 saturated heterocycles. The molecule has 0 fully saturated rings. The quantitative estimate of drug-likeness (QED) is 0.836. The molecule has 124 valence electrons. The Morgan fingerprint density at radius 3 is 2.83 bits per heavy atom. The summed E-state index contributed by atoms with van der Waals surface area (Å²) >= 11 is 6.34. The van der Waals surface area contributed by atoms with Gasteiger partial charge in [0.15, 0.2) is 11.7 Å². The van der Waals surface area contributed by atoms with Crippen molar-refractivity contribution < 1.29 is 9.53 Å². The minimum atomic E-state index is -0.556. The summed E-state index contributed by atoms with van der Waals surface area (Å²) in [5, 5.41) is 3.66. The molecule has 2 N–H and O–H groups in total. The highest BCUT2D eigenvalue weighted by molar-refractivity contribution is 6.31. The van der Waals surface area contributed by atoms with Crippen LogP contribution in [0.5, 0.6) is 0 Å². The number of esters is 1. The molecule has 0 amide bonds. The van der Waals surface area contributed by atoms with Crippen LogP contribution in [0.4, 0.5) is 0 Å². The van der Waals surface area contributed by atoms with Crippen molar-refractivity contribution in [3.05, 3.63) is 64.3 Å². The van der Waals surface area contributed by atoms with Gasteiger partial charge in [-0.15, -0.1) is 0 Å². The van der Waals surface area contributed by atoms with Crippen LogP contribution in [-0.2, 0) is 9.53 Å². The van der Waals surface area contributed by atoms with Gasteiger partial charge in [-0.05, 0) is 19.9 Å². The van der Waals surface area contributed by atoms with Gasteiger partial charge in [-0.2, -0.15) is 0 Å². The Balaban J connectivity index is 2.10. The van der Waals surface area contributed by atoms with E-state index in [1.54, 1.807) is 25.4 Å². The minimum absolute atomic E-state index is 0.291. The number of aromatic amines is 1. The molecule has 6 nitrogen and oxygen atoms in total. The summed E-state index contributed by atoms with van der Waals surface area (Å²) in [5.74, 6) is 0.736. The molecule has 3 rings (SSSR count). The van der Waals surface area contributed by atoms with Gasteiger partial charge in [0.25, 0.3) is 0 Å². The normalized spacial score (nSPS) is 17.3. The van der Waals surface area contributed by atoms with E-state index in [0.29, 0.717) is 34.6 Å². The molecule has 1 atom stereocenters. The van der Waals surface area contributed by atoms with Crippen molar-refractivity contribution in [2.24, 2.45) is 4.99 Å².